The third kappa shape index (κ3) is 4.13. The van der Waals surface area contributed by atoms with Gasteiger partial charge < -0.3 is 5.11 Å². The molecule has 0 fully saturated rings. The molecule has 0 aromatic heterocycles. The number of aliphatic hydroxyl groups excluding tert-OH is 1. The molecule has 2 nitrogen and oxygen atoms in total. The van der Waals surface area contributed by atoms with Gasteiger partial charge in [-0.05, 0) is 29.9 Å². The monoisotopic (exact) mass is 211 g/mol. The fourth-order valence-electron chi connectivity index (χ4n) is 1.23. The van der Waals surface area contributed by atoms with Gasteiger partial charge in [0.2, 0.25) is 0 Å². The van der Waals surface area contributed by atoms with Crippen LogP contribution < -0.4 is 5.32 Å². The third-order valence-electron chi connectivity index (χ3n) is 1.94. The molecule has 14 heavy (non-hydrogen) atoms. The van der Waals surface area contributed by atoms with Crippen LogP contribution in [0.15, 0.2) is 29.2 Å². The average Bonchev–Trinajstić information content (AvgIpc) is 2.21. The number of hydrogen-bond acceptors (Lipinski definition) is 3. The Morgan fingerprint density at radius 1 is 1.29 bits per heavy atom. The Morgan fingerprint density at radius 2 is 2.00 bits per heavy atom. The normalized spacial score (nSPS) is 10.4. The number of benzene rings is 1. The summed E-state index contributed by atoms with van der Waals surface area (Å²) in [5.41, 5.74) is 1.31. The first kappa shape index (κ1) is 11.6. The van der Waals surface area contributed by atoms with Crippen molar-refractivity contribution in [2.24, 2.45) is 0 Å². The van der Waals surface area contributed by atoms with Gasteiger partial charge in [0.05, 0.1) is 6.73 Å². The predicted octanol–water partition coefficient (Wildman–Crippen LogP) is 1.88. The summed E-state index contributed by atoms with van der Waals surface area (Å²) in [6.45, 7) is 3.05. The van der Waals surface area contributed by atoms with Crippen molar-refractivity contribution in [1.82, 2.24) is 5.32 Å². The molecule has 78 valence electrons. The summed E-state index contributed by atoms with van der Waals surface area (Å²) in [7, 11) is 0. The van der Waals surface area contributed by atoms with Crippen LogP contribution in [0.1, 0.15) is 12.5 Å². The Labute approximate surface area is 89.7 Å². The van der Waals surface area contributed by atoms with E-state index >= 15 is 0 Å². The van der Waals surface area contributed by atoms with E-state index in [0.717, 1.165) is 18.7 Å². The van der Waals surface area contributed by atoms with Gasteiger partial charge >= 0.3 is 0 Å². The highest BCUT2D eigenvalue weighted by atomic mass is 32.2. The van der Waals surface area contributed by atoms with Gasteiger partial charge in [-0.3, -0.25) is 5.32 Å². The second-order valence-corrected chi connectivity index (χ2v) is 4.32. The number of hydrogen-bond donors (Lipinski definition) is 2. The molecule has 0 heterocycles. The molecule has 1 aromatic rings. The third-order valence-corrected chi connectivity index (χ3v) is 2.83. The molecular weight excluding hydrogens is 194 g/mol. The van der Waals surface area contributed by atoms with Gasteiger partial charge in [-0.25, -0.2) is 0 Å². The van der Waals surface area contributed by atoms with E-state index in [1.807, 2.05) is 11.8 Å². The van der Waals surface area contributed by atoms with E-state index in [4.69, 9.17) is 5.11 Å². The van der Waals surface area contributed by atoms with Crippen LogP contribution in [0.4, 0.5) is 0 Å². The predicted molar refractivity (Wildman–Crippen MR) is 61.6 cm³/mol. The van der Waals surface area contributed by atoms with Crippen molar-refractivity contribution in [2.75, 3.05) is 19.0 Å². The number of rotatable bonds is 6. The van der Waals surface area contributed by atoms with Gasteiger partial charge in [0, 0.05) is 11.4 Å². The van der Waals surface area contributed by atoms with E-state index in [2.05, 4.69) is 36.5 Å². The zero-order valence-corrected chi connectivity index (χ0v) is 9.31. The van der Waals surface area contributed by atoms with Gasteiger partial charge in [0.25, 0.3) is 0 Å². The summed E-state index contributed by atoms with van der Waals surface area (Å²) in [6.07, 6.45) is 0.970. The topological polar surface area (TPSA) is 32.3 Å². The maximum Gasteiger partial charge on any atom is 0.0931 e. The molecule has 0 spiro atoms. The first-order chi connectivity index (χ1) is 6.86. The van der Waals surface area contributed by atoms with Crippen LogP contribution in [0.3, 0.4) is 0 Å². The molecule has 0 atom stereocenters. The zero-order valence-electron chi connectivity index (χ0n) is 8.49. The first-order valence-corrected chi connectivity index (χ1v) is 5.88. The summed E-state index contributed by atoms with van der Waals surface area (Å²) < 4.78 is 0. The Kier molecular flexibility index (Phi) is 5.68. The molecule has 0 radical (unpaired) electrons. The molecule has 0 aliphatic carbocycles. The van der Waals surface area contributed by atoms with Crippen LogP contribution in [0, 0.1) is 0 Å². The molecule has 0 bridgehead atoms. The number of nitrogens with one attached hydrogen (secondary N) is 1. The van der Waals surface area contributed by atoms with Crippen molar-refractivity contribution in [3.05, 3.63) is 29.8 Å². The van der Waals surface area contributed by atoms with Crippen LogP contribution in [-0.4, -0.2) is 24.1 Å². The molecule has 1 rings (SSSR count). The SMILES string of the molecule is CCSc1ccc(CCNCO)cc1. The highest BCUT2D eigenvalue weighted by Crippen LogP contribution is 2.17. The Morgan fingerprint density at radius 3 is 2.57 bits per heavy atom. The molecule has 0 amide bonds. The molecule has 0 aliphatic heterocycles. The smallest absolute Gasteiger partial charge is 0.0931 e. The Hall–Kier alpha value is -0.510. The van der Waals surface area contributed by atoms with Crippen LogP contribution in [0.25, 0.3) is 0 Å². The summed E-state index contributed by atoms with van der Waals surface area (Å²) in [4.78, 5) is 1.33. The molecule has 2 N–H and O–H groups in total. The number of thioether (sulfide) groups is 1. The van der Waals surface area contributed by atoms with E-state index in [1.54, 1.807) is 0 Å². The summed E-state index contributed by atoms with van der Waals surface area (Å²) >= 11 is 1.86. The van der Waals surface area contributed by atoms with Gasteiger partial charge in [-0.2, -0.15) is 0 Å². The maximum atomic E-state index is 8.54. The molecular formula is C11H17NOS. The lowest BCUT2D eigenvalue weighted by Crippen LogP contribution is -2.17. The minimum absolute atomic E-state index is 0.0593. The lowest BCUT2D eigenvalue weighted by molar-refractivity contribution is 0.262. The lowest BCUT2D eigenvalue weighted by Gasteiger charge is -2.03. The molecule has 0 saturated heterocycles. The highest BCUT2D eigenvalue weighted by Gasteiger charge is 1.94. The van der Waals surface area contributed by atoms with Crippen LogP contribution in [-0.2, 0) is 6.42 Å². The largest absolute Gasteiger partial charge is 0.381 e. The van der Waals surface area contributed by atoms with Crippen LogP contribution in [0.2, 0.25) is 0 Å². The van der Waals surface area contributed by atoms with Gasteiger partial charge in [-0.1, -0.05) is 19.1 Å². The van der Waals surface area contributed by atoms with Crippen molar-refractivity contribution < 1.29 is 5.11 Å². The first-order valence-electron chi connectivity index (χ1n) is 4.90. The van der Waals surface area contributed by atoms with Gasteiger partial charge in [0.15, 0.2) is 0 Å². The lowest BCUT2D eigenvalue weighted by atomic mass is 10.1. The van der Waals surface area contributed by atoms with Crippen LogP contribution in [0.5, 0.6) is 0 Å². The van der Waals surface area contributed by atoms with E-state index in [-0.39, 0.29) is 6.73 Å². The maximum absolute atomic E-state index is 8.54. The standard InChI is InChI=1S/C11H17NOS/c1-2-14-11-5-3-10(4-6-11)7-8-12-9-13/h3-6,12-13H,2,7-9H2,1H3. The Bertz CT molecular complexity index is 248. The van der Waals surface area contributed by atoms with Crippen LogP contribution >= 0.6 is 11.8 Å². The van der Waals surface area contributed by atoms with Crippen molar-refractivity contribution in [2.45, 2.75) is 18.2 Å². The van der Waals surface area contributed by atoms with Crippen molar-refractivity contribution in [3.63, 3.8) is 0 Å². The second kappa shape index (κ2) is 6.87. The van der Waals surface area contributed by atoms with E-state index < -0.39 is 0 Å². The number of aliphatic hydroxyl groups is 1. The highest BCUT2D eigenvalue weighted by molar-refractivity contribution is 7.99. The van der Waals surface area contributed by atoms with Crippen molar-refractivity contribution >= 4 is 11.8 Å². The minimum atomic E-state index is 0.0593. The summed E-state index contributed by atoms with van der Waals surface area (Å²) in [5, 5.41) is 11.4. The molecule has 0 unspecified atom stereocenters. The summed E-state index contributed by atoms with van der Waals surface area (Å²) in [6, 6.07) is 8.61. The minimum Gasteiger partial charge on any atom is -0.381 e. The van der Waals surface area contributed by atoms with E-state index in [9.17, 15) is 0 Å². The van der Waals surface area contributed by atoms with Crippen molar-refractivity contribution in [1.29, 1.82) is 0 Å². The Balaban J connectivity index is 2.38. The zero-order chi connectivity index (χ0) is 10.2. The van der Waals surface area contributed by atoms with E-state index in [0.29, 0.717) is 0 Å². The quantitative estimate of drug-likeness (QED) is 0.428. The van der Waals surface area contributed by atoms with E-state index in [1.165, 1.54) is 10.5 Å². The second-order valence-electron chi connectivity index (χ2n) is 2.99. The molecule has 1 aromatic carbocycles. The molecule has 0 saturated carbocycles. The fraction of sp³-hybridized carbons (Fsp3) is 0.455. The molecule has 3 heteroatoms. The molecule has 0 aliphatic rings. The summed E-state index contributed by atoms with van der Waals surface area (Å²) in [5.74, 6) is 1.12. The fourth-order valence-corrected chi connectivity index (χ4v) is 1.89. The van der Waals surface area contributed by atoms with Gasteiger partial charge in [0.1, 0.15) is 0 Å². The van der Waals surface area contributed by atoms with Crippen molar-refractivity contribution in [3.8, 4) is 0 Å². The average molecular weight is 211 g/mol. The van der Waals surface area contributed by atoms with Gasteiger partial charge in [-0.15, -0.1) is 11.8 Å².